The van der Waals surface area contributed by atoms with Gasteiger partial charge in [-0.05, 0) is 91.9 Å². The minimum absolute atomic E-state index is 0.198. The minimum atomic E-state index is -0.295. The molecule has 0 fully saturated rings. The fourth-order valence-corrected chi connectivity index (χ4v) is 5.30. The summed E-state index contributed by atoms with van der Waals surface area (Å²) in [6.07, 6.45) is 0. The summed E-state index contributed by atoms with van der Waals surface area (Å²) in [6, 6.07) is 35.9. The molecule has 0 bridgehead atoms. The lowest BCUT2D eigenvalue weighted by Crippen LogP contribution is -2.16. The Morgan fingerprint density at radius 1 is 0.638 bits per heavy atom. The van der Waals surface area contributed by atoms with Crippen molar-refractivity contribution in [2.75, 3.05) is 10.6 Å². The van der Waals surface area contributed by atoms with E-state index in [1.54, 1.807) is 78.9 Å². The highest BCUT2D eigenvalue weighted by Gasteiger charge is 2.16. The van der Waals surface area contributed by atoms with E-state index in [2.05, 4.69) is 15.6 Å². The Bertz CT molecular complexity index is 2070. The predicted octanol–water partition coefficient (Wildman–Crippen LogP) is 9.51. The molecule has 0 atom stereocenters. The van der Waals surface area contributed by atoms with Crippen LogP contribution in [-0.4, -0.2) is 16.8 Å². The van der Waals surface area contributed by atoms with Gasteiger partial charge >= 0.3 is 0 Å². The molecule has 6 aromatic rings. The van der Waals surface area contributed by atoms with Gasteiger partial charge in [0.15, 0.2) is 0 Å². The highest BCUT2D eigenvalue weighted by Crippen LogP contribution is 2.28. The van der Waals surface area contributed by atoms with Crippen LogP contribution in [0.25, 0.3) is 10.9 Å². The van der Waals surface area contributed by atoms with E-state index in [1.807, 2.05) is 49.4 Å². The van der Waals surface area contributed by atoms with E-state index in [0.29, 0.717) is 54.9 Å². The van der Waals surface area contributed by atoms with Crippen molar-refractivity contribution in [3.8, 4) is 11.5 Å². The third kappa shape index (κ3) is 7.90. The lowest BCUT2D eigenvalue weighted by molar-refractivity contribution is 0.101. The summed E-state index contributed by atoms with van der Waals surface area (Å²) in [5.41, 5.74) is 4.94. The first-order valence-corrected chi connectivity index (χ1v) is 15.5. The van der Waals surface area contributed by atoms with Gasteiger partial charge in [-0.3, -0.25) is 14.6 Å². The number of aryl methyl sites for hydroxylation is 1. The summed E-state index contributed by atoms with van der Waals surface area (Å²) < 4.78 is 11.8. The van der Waals surface area contributed by atoms with Crippen LogP contribution in [0.15, 0.2) is 121 Å². The number of carbonyl (C=O) groups excluding carboxylic acids is 2. The van der Waals surface area contributed by atoms with E-state index < -0.39 is 0 Å². The summed E-state index contributed by atoms with van der Waals surface area (Å²) in [7, 11) is 0. The monoisotopic (exact) mass is 661 g/mol. The van der Waals surface area contributed by atoms with E-state index >= 15 is 0 Å². The number of hydrogen-bond acceptors (Lipinski definition) is 5. The van der Waals surface area contributed by atoms with Crippen LogP contribution in [0.3, 0.4) is 0 Å². The van der Waals surface area contributed by atoms with Crippen LogP contribution < -0.4 is 20.1 Å². The van der Waals surface area contributed by atoms with Gasteiger partial charge in [0.1, 0.15) is 24.7 Å². The second-order valence-electron chi connectivity index (χ2n) is 10.8. The summed E-state index contributed by atoms with van der Waals surface area (Å²) in [4.78, 5) is 31.7. The normalized spacial score (nSPS) is 10.8. The largest absolute Gasteiger partial charge is 0.489 e. The second-order valence-corrected chi connectivity index (χ2v) is 11.6. The highest BCUT2D eigenvalue weighted by atomic mass is 35.5. The number of hydrogen-bond donors (Lipinski definition) is 2. The molecule has 0 aliphatic rings. The summed E-state index contributed by atoms with van der Waals surface area (Å²) in [6.45, 7) is 2.26. The number of benzene rings is 5. The fourth-order valence-electron chi connectivity index (χ4n) is 5.05. The first-order valence-electron chi connectivity index (χ1n) is 14.8. The molecule has 1 heterocycles. The molecular formula is C38H29Cl2N3O4. The Kier molecular flexibility index (Phi) is 9.67. The Morgan fingerprint density at radius 3 is 1.70 bits per heavy atom. The third-order valence-corrected chi connectivity index (χ3v) is 7.89. The number of amides is 2. The zero-order valence-electron chi connectivity index (χ0n) is 25.3. The standard InChI is InChI=1S/C38H29Cl2N3O4/c1-24-20-36(43-38(45)33-9-5-3-7-26(33)23-47-31-17-12-28(40)13-18-31)34-21-29(14-19-35(34)41-24)42-37(44)32-8-4-2-6-25(32)22-46-30-15-10-27(39)11-16-30/h2-21H,22-23H2,1H3,(H,42,44)(H,41,43,45). The van der Waals surface area contributed by atoms with Crippen LogP contribution in [0.5, 0.6) is 11.5 Å². The fraction of sp³-hybridized carbons (Fsp3) is 0.0789. The van der Waals surface area contributed by atoms with Gasteiger partial charge in [0.25, 0.3) is 11.8 Å². The van der Waals surface area contributed by atoms with Crippen molar-refractivity contribution in [3.05, 3.63) is 159 Å². The van der Waals surface area contributed by atoms with Crippen LogP contribution >= 0.6 is 23.2 Å². The molecule has 47 heavy (non-hydrogen) atoms. The van der Waals surface area contributed by atoms with E-state index in [4.69, 9.17) is 32.7 Å². The maximum absolute atomic E-state index is 13.6. The van der Waals surface area contributed by atoms with Crippen LogP contribution in [0.2, 0.25) is 10.0 Å². The first-order chi connectivity index (χ1) is 22.8. The van der Waals surface area contributed by atoms with Gasteiger partial charge in [-0.25, -0.2) is 0 Å². The molecule has 9 heteroatoms. The van der Waals surface area contributed by atoms with Gasteiger partial charge in [-0.1, -0.05) is 59.6 Å². The maximum atomic E-state index is 13.6. The lowest BCUT2D eigenvalue weighted by Gasteiger charge is -2.15. The minimum Gasteiger partial charge on any atom is -0.489 e. The van der Waals surface area contributed by atoms with E-state index in [0.717, 1.165) is 16.8 Å². The van der Waals surface area contributed by atoms with Crippen molar-refractivity contribution in [2.45, 2.75) is 20.1 Å². The van der Waals surface area contributed by atoms with Gasteiger partial charge in [-0.2, -0.15) is 0 Å². The van der Waals surface area contributed by atoms with Gasteiger partial charge in [0.05, 0.1) is 11.2 Å². The lowest BCUT2D eigenvalue weighted by atomic mass is 10.1. The zero-order chi connectivity index (χ0) is 32.8. The molecule has 0 aliphatic heterocycles. The van der Waals surface area contributed by atoms with Gasteiger partial charge in [0.2, 0.25) is 0 Å². The molecule has 7 nitrogen and oxygen atoms in total. The Morgan fingerprint density at radius 2 is 1.15 bits per heavy atom. The highest BCUT2D eigenvalue weighted by molar-refractivity contribution is 6.30. The summed E-state index contributed by atoms with van der Waals surface area (Å²) in [5.74, 6) is 0.705. The van der Waals surface area contributed by atoms with Crippen LogP contribution in [0.4, 0.5) is 11.4 Å². The number of nitrogens with one attached hydrogen (secondary N) is 2. The van der Waals surface area contributed by atoms with Crippen molar-refractivity contribution in [1.82, 2.24) is 4.98 Å². The van der Waals surface area contributed by atoms with E-state index in [9.17, 15) is 9.59 Å². The number of rotatable bonds is 10. The molecule has 2 N–H and O–H groups in total. The van der Waals surface area contributed by atoms with Gasteiger partial charge in [-0.15, -0.1) is 0 Å². The van der Waals surface area contributed by atoms with Crippen molar-refractivity contribution in [3.63, 3.8) is 0 Å². The quantitative estimate of drug-likeness (QED) is 0.153. The van der Waals surface area contributed by atoms with Crippen molar-refractivity contribution >= 4 is 57.3 Å². The number of carbonyl (C=O) groups is 2. The predicted molar refractivity (Wildman–Crippen MR) is 187 cm³/mol. The van der Waals surface area contributed by atoms with Gasteiger partial charge < -0.3 is 20.1 Å². The first kappa shape index (κ1) is 31.6. The molecule has 0 spiro atoms. The molecule has 5 aromatic carbocycles. The number of aromatic nitrogens is 1. The third-order valence-electron chi connectivity index (χ3n) is 7.38. The number of fused-ring (bicyclic) bond motifs is 1. The topological polar surface area (TPSA) is 89.6 Å². The van der Waals surface area contributed by atoms with Crippen LogP contribution in [0, 0.1) is 6.92 Å². The van der Waals surface area contributed by atoms with Crippen molar-refractivity contribution in [1.29, 1.82) is 0 Å². The zero-order valence-corrected chi connectivity index (χ0v) is 26.8. The SMILES string of the molecule is Cc1cc(NC(=O)c2ccccc2COc2ccc(Cl)cc2)c2cc(NC(=O)c3ccccc3COc3ccc(Cl)cc3)ccc2n1. The Balaban J connectivity index is 1.20. The van der Waals surface area contributed by atoms with Crippen molar-refractivity contribution < 1.29 is 19.1 Å². The molecule has 0 saturated carbocycles. The number of ether oxygens (including phenoxy) is 2. The summed E-state index contributed by atoms with van der Waals surface area (Å²) >= 11 is 12.0. The second kappa shape index (κ2) is 14.4. The van der Waals surface area contributed by atoms with E-state index in [1.165, 1.54) is 0 Å². The molecule has 0 radical (unpaired) electrons. The number of anilines is 2. The smallest absolute Gasteiger partial charge is 0.256 e. The molecular weight excluding hydrogens is 633 g/mol. The van der Waals surface area contributed by atoms with Crippen LogP contribution in [-0.2, 0) is 13.2 Å². The molecule has 0 unspecified atom stereocenters. The molecule has 234 valence electrons. The van der Waals surface area contributed by atoms with E-state index in [-0.39, 0.29) is 25.0 Å². The van der Waals surface area contributed by atoms with Gasteiger partial charge in [0, 0.05) is 49.1 Å². The van der Waals surface area contributed by atoms with Crippen LogP contribution in [0.1, 0.15) is 37.5 Å². The molecule has 0 saturated heterocycles. The molecule has 1 aromatic heterocycles. The van der Waals surface area contributed by atoms with Crippen molar-refractivity contribution in [2.24, 2.45) is 0 Å². The number of halogens is 2. The molecule has 2 amide bonds. The maximum Gasteiger partial charge on any atom is 0.256 e. The number of nitrogens with zero attached hydrogens (tertiary/aromatic N) is 1. The average molecular weight is 663 g/mol. The number of pyridine rings is 1. The summed E-state index contributed by atoms with van der Waals surface area (Å²) in [5, 5.41) is 7.95. The Hall–Kier alpha value is -5.37. The Labute approximate surface area is 282 Å². The average Bonchev–Trinajstić information content (AvgIpc) is 3.08. The molecule has 6 rings (SSSR count). The molecule has 0 aliphatic carbocycles.